The quantitative estimate of drug-likeness (QED) is 0.812. The summed E-state index contributed by atoms with van der Waals surface area (Å²) in [6, 6.07) is 1.75. The molecular weight excluding hydrogens is 250 g/mol. The van der Waals surface area contributed by atoms with E-state index in [-0.39, 0.29) is 5.78 Å². The fraction of sp³-hybridized carbons (Fsp3) is 0.250. The number of aromatic nitrogens is 1. The fourth-order valence-electron chi connectivity index (χ4n) is 2.24. The molecule has 18 heavy (non-hydrogen) atoms. The topological polar surface area (TPSA) is 99.1 Å². The van der Waals surface area contributed by atoms with Gasteiger partial charge in [-0.3, -0.25) is 9.59 Å². The van der Waals surface area contributed by atoms with Crippen LogP contribution in [0.2, 0.25) is 0 Å². The maximum Gasteiger partial charge on any atom is 0.260 e. The van der Waals surface area contributed by atoms with Gasteiger partial charge in [-0.15, -0.1) is 11.3 Å². The summed E-state index contributed by atoms with van der Waals surface area (Å²) in [7, 11) is 0. The SMILES string of the molecule is NC(=O)c1sc2nc3c(cc2c1N)C(=O)CCC3. The number of nitrogen functional groups attached to an aromatic ring is 1. The van der Waals surface area contributed by atoms with E-state index in [9.17, 15) is 9.59 Å². The molecule has 1 amide bonds. The van der Waals surface area contributed by atoms with Crippen molar-refractivity contribution in [3.63, 3.8) is 0 Å². The van der Waals surface area contributed by atoms with Crippen molar-refractivity contribution in [1.29, 1.82) is 0 Å². The number of nitrogens with two attached hydrogens (primary N) is 2. The molecular formula is C12H11N3O2S. The average Bonchev–Trinajstić information content (AvgIpc) is 2.65. The predicted octanol–water partition coefficient (Wildman–Crippen LogP) is 1.50. The van der Waals surface area contributed by atoms with E-state index in [1.54, 1.807) is 6.07 Å². The van der Waals surface area contributed by atoms with Crippen LogP contribution in [0, 0.1) is 0 Å². The van der Waals surface area contributed by atoms with Gasteiger partial charge < -0.3 is 11.5 Å². The van der Waals surface area contributed by atoms with Crippen LogP contribution in [0.1, 0.15) is 38.6 Å². The fourth-order valence-corrected chi connectivity index (χ4v) is 3.19. The summed E-state index contributed by atoms with van der Waals surface area (Å²) in [5, 5.41) is 0.655. The summed E-state index contributed by atoms with van der Waals surface area (Å²) < 4.78 is 0. The van der Waals surface area contributed by atoms with Crippen LogP contribution in [0.4, 0.5) is 5.69 Å². The number of rotatable bonds is 1. The molecule has 6 heteroatoms. The molecule has 5 nitrogen and oxygen atoms in total. The summed E-state index contributed by atoms with van der Waals surface area (Å²) in [6.07, 6.45) is 2.17. The third kappa shape index (κ3) is 1.49. The number of carbonyl (C=O) groups excluding carboxylic acids is 2. The van der Waals surface area contributed by atoms with E-state index >= 15 is 0 Å². The number of amides is 1. The molecule has 0 radical (unpaired) electrons. The lowest BCUT2D eigenvalue weighted by Crippen LogP contribution is -2.12. The van der Waals surface area contributed by atoms with Gasteiger partial charge in [0, 0.05) is 17.4 Å². The van der Waals surface area contributed by atoms with Crippen molar-refractivity contribution in [1.82, 2.24) is 4.98 Å². The van der Waals surface area contributed by atoms with Gasteiger partial charge in [-0.1, -0.05) is 0 Å². The number of Topliss-reactive ketones (excluding diaryl/α,β-unsaturated/α-hetero) is 1. The summed E-state index contributed by atoms with van der Waals surface area (Å²) >= 11 is 1.18. The Labute approximate surface area is 107 Å². The van der Waals surface area contributed by atoms with E-state index in [1.165, 1.54) is 11.3 Å². The number of hydrogen-bond donors (Lipinski definition) is 2. The number of ketones is 1. The lowest BCUT2D eigenvalue weighted by atomic mass is 9.94. The second-order valence-electron chi connectivity index (χ2n) is 4.32. The third-order valence-corrected chi connectivity index (χ3v) is 4.27. The van der Waals surface area contributed by atoms with Crippen LogP contribution < -0.4 is 11.5 Å². The van der Waals surface area contributed by atoms with Crippen molar-refractivity contribution in [3.05, 3.63) is 22.2 Å². The van der Waals surface area contributed by atoms with Crippen LogP contribution in [0.5, 0.6) is 0 Å². The first kappa shape index (κ1) is 11.2. The molecule has 0 spiro atoms. The maximum atomic E-state index is 11.8. The van der Waals surface area contributed by atoms with E-state index < -0.39 is 5.91 Å². The van der Waals surface area contributed by atoms with Crippen LogP contribution in [0.3, 0.4) is 0 Å². The standard InChI is InChI=1S/C12H11N3O2S/c13-9-6-4-5-7(2-1-3-8(5)16)15-12(6)18-10(9)11(14)17/h4H,1-3,13H2,(H2,14,17). The van der Waals surface area contributed by atoms with Crippen LogP contribution in [0.25, 0.3) is 10.2 Å². The van der Waals surface area contributed by atoms with Crippen molar-refractivity contribution in [2.45, 2.75) is 19.3 Å². The Morgan fingerprint density at radius 1 is 1.39 bits per heavy atom. The predicted molar refractivity (Wildman–Crippen MR) is 69.8 cm³/mol. The number of carbonyl (C=O) groups is 2. The molecule has 0 bridgehead atoms. The Hall–Kier alpha value is -1.95. The van der Waals surface area contributed by atoms with E-state index in [0.29, 0.717) is 32.8 Å². The van der Waals surface area contributed by atoms with E-state index in [4.69, 9.17) is 11.5 Å². The number of primary amides is 1. The highest BCUT2D eigenvalue weighted by molar-refractivity contribution is 7.21. The van der Waals surface area contributed by atoms with E-state index in [1.807, 2.05) is 0 Å². The molecule has 4 N–H and O–H groups in total. The number of anilines is 1. The van der Waals surface area contributed by atoms with Crippen molar-refractivity contribution in [3.8, 4) is 0 Å². The number of hydrogen-bond acceptors (Lipinski definition) is 5. The summed E-state index contributed by atoms with van der Waals surface area (Å²) in [5.74, 6) is -0.461. The molecule has 0 aromatic carbocycles. The normalized spacial score (nSPS) is 14.8. The first-order valence-corrected chi connectivity index (χ1v) is 6.44. The Bertz CT molecular complexity index is 690. The molecule has 92 valence electrons. The van der Waals surface area contributed by atoms with Gasteiger partial charge in [0.15, 0.2) is 5.78 Å². The van der Waals surface area contributed by atoms with Crippen LogP contribution >= 0.6 is 11.3 Å². The van der Waals surface area contributed by atoms with Crippen molar-refractivity contribution < 1.29 is 9.59 Å². The largest absolute Gasteiger partial charge is 0.397 e. The second kappa shape index (κ2) is 3.78. The summed E-state index contributed by atoms with van der Waals surface area (Å²) in [6.45, 7) is 0. The van der Waals surface area contributed by atoms with Gasteiger partial charge in [0.25, 0.3) is 5.91 Å². The van der Waals surface area contributed by atoms with Gasteiger partial charge in [0.05, 0.1) is 11.4 Å². The minimum absolute atomic E-state index is 0.0943. The van der Waals surface area contributed by atoms with Crippen molar-refractivity contribution in [2.24, 2.45) is 5.73 Å². The summed E-state index contributed by atoms with van der Waals surface area (Å²) in [4.78, 5) is 28.5. The molecule has 2 aromatic rings. The van der Waals surface area contributed by atoms with Crippen LogP contribution in [-0.4, -0.2) is 16.7 Å². The highest BCUT2D eigenvalue weighted by atomic mass is 32.1. The van der Waals surface area contributed by atoms with Gasteiger partial charge in [-0.25, -0.2) is 4.98 Å². The van der Waals surface area contributed by atoms with Gasteiger partial charge in [-0.2, -0.15) is 0 Å². The number of thiophene rings is 1. The Morgan fingerprint density at radius 3 is 2.89 bits per heavy atom. The minimum Gasteiger partial charge on any atom is -0.397 e. The third-order valence-electron chi connectivity index (χ3n) is 3.14. The number of nitrogens with zero attached hydrogens (tertiary/aromatic N) is 1. The molecule has 0 aliphatic heterocycles. The Kier molecular flexibility index (Phi) is 2.34. The molecule has 0 saturated heterocycles. The van der Waals surface area contributed by atoms with Crippen molar-refractivity contribution >= 4 is 38.9 Å². The zero-order valence-electron chi connectivity index (χ0n) is 9.53. The molecule has 1 aliphatic carbocycles. The first-order valence-electron chi connectivity index (χ1n) is 5.63. The van der Waals surface area contributed by atoms with Gasteiger partial charge in [0.1, 0.15) is 9.71 Å². The van der Waals surface area contributed by atoms with E-state index in [2.05, 4.69) is 4.98 Å². The smallest absolute Gasteiger partial charge is 0.260 e. The monoisotopic (exact) mass is 261 g/mol. The molecule has 2 heterocycles. The number of pyridine rings is 1. The van der Waals surface area contributed by atoms with E-state index in [0.717, 1.165) is 18.5 Å². The number of fused-ring (bicyclic) bond motifs is 2. The van der Waals surface area contributed by atoms with Gasteiger partial charge in [-0.05, 0) is 18.9 Å². The zero-order valence-corrected chi connectivity index (χ0v) is 10.3. The van der Waals surface area contributed by atoms with Crippen LogP contribution in [-0.2, 0) is 6.42 Å². The molecule has 1 aliphatic rings. The van der Waals surface area contributed by atoms with Gasteiger partial charge in [0.2, 0.25) is 0 Å². The van der Waals surface area contributed by atoms with Gasteiger partial charge >= 0.3 is 0 Å². The molecule has 0 saturated carbocycles. The first-order chi connectivity index (χ1) is 8.58. The lowest BCUT2D eigenvalue weighted by molar-refractivity contribution is 0.0970. The highest BCUT2D eigenvalue weighted by Crippen LogP contribution is 2.35. The maximum absolute atomic E-state index is 11.8. The molecule has 0 atom stereocenters. The molecule has 0 unspecified atom stereocenters. The molecule has 3 rings (SSSR count). The minimum atomic E-state index is -0.556. The summed E-state index contributed by atoms with van der Waals surface area (Å²) in [5.41, 5.74) is 12.9. The number of aryl methyl sites for hydroxylation is 1. The lowest BCUT2D eigenvalue weighted by Gasteiger charge is -2.13. The molecule has 0 fully saturated rings. The second-order valence-corrected chi connectivity index (χ2v) is 5.32. The average molecular weight is 261 g/mol. The zero-order chi connectivity index (χ0) is 12.9. The van der Waals surface area contributed by atoms with Crippen molar-refractivity contribution in [2.75, 3.05) is 5.73 Å². The Morgan fingerprint density at radius 2 is 2.17 bits per heavy atom. The van der Waals surface area contributed by atoms with Crippen LogP contribution in [0.15, 0.2) is 6.07 Å². The molecule has 2 aromatic heterocycles. The Balaban J connectivity index is 2.31. The highest BCUT2D eigenvalue weighted by Gasteiger charge is 2.22.